The largest absolute Gasteiger partial charge is 0.493 e. The van der Waals surface area contributed by atoms with Crippen LogP contribution in [0.4, 0.5) is 10.1 Å². The maximum atomic E-state index is 13.0. The molecule has 0 saturated carbocycles. The Kier molecular flexibility index (Phi) is 7.51. The number of nitrogens with one attached hydrogen (secondary N) is 2. The number of hydrogen-bond donors (Lipinski definition) is 2. The van der Waals surface area contributed by atoms with Crippen molar-refractivity contribution in [2.45, 2.75) is 0 Å². The normalized spacial score (nSPS) is 11.1. The maximum absolute atomic E-state index is 13.0. The predicted octanol–water partition coefficient (Wildman–Crippen LogP) is 4.15. The van der Waals surface area contributed by atoms with Crippen molar-refractivity contribution in [2.24, 2.45) is 5.10 Å². The molecule has 184 valence electrons. The molecule has 4 aromatic rings. The quantitative estimate of drug-likeness (QED) is 0.321. The third-order valence-corrected chi connectivity index (χ3v) is 6.39. The van der Waals surface area contributed by atoms with Crippen molar-refractivity contribution in [3.05, 3.63) is 96.3 Å². The van der Waals surface area contributed by atoms with Crippen LogP contribution in [-0.2, 0) is 4.79 Å². The van der Waals surface area contributed by atoms with E-state index >= 15 is 0 Å². The average molecular weight is 576 g/mol. The summed E-state index contributed by atoms with van der Waals surface area (Å²) in [7, 11) is 1.38. The molecule has 0 aliphatic rings. The standard InChI is InChI=1S/C24H17BrClFN4O5/c1-35-18-10-13(11-28-31-23(33)16-4-2-3-5-17(16)30-24(31)34)20(25)21(26)22(18)36-12-19(32)29-15-8-6-14(27)7-9-15/h2-11H,12H2,1H3,(H,29,32)(H,30,34). The zero-order chi connectivity index (χ0) is 25.8. The topological polar surface area (TPSA) is 115 Å². The summed E-state index contributed by atoms with van der Waals surface area (Å²) in [5.74, 6) is -0.669. The molecule has 0 aliphatic heterocycles. The number of H-pyrrole nitrogens is 1. The van der Waals surface area contributed by atoms with Gasteiger partial charge in [0.05, 0.1) is 24.2 Å². The Morgan fingerprint density at radius 1 is 1.22 bits per heavy atom. The molecule has 0 unspecified atom stereocenters. The zero-order valence-corrected chi connectivity index (χ0v) is 20.9. The second kappa shape index (κ2) is 10.8. The number of aromatic amines is 1. The lowest BCUT2D eigenvalue weighted by Gasteiger charge is -2.15. The average Bonchev–Trinajstić information content (AvgIpc) is 2.87. The van der Waals surface area contributed by atoms with Gasteiger partial charge in [0.15, 0.2) is 18.1 Å². The number of carbonyl (C=O) groups is 1. The number of fused-ring (bicyclic) bond motifs is 1. The van der Waals surface area contributed by atoms with E-state index in [4.69, 9.17) is 21.1 Å². The van der Waals surface area contributed by atoms with E-state index in [0.717, 1.165) is 0 Å². The van der Waals surface area contributed by atoms with Crippen LogP contribution >= 0.6 is 27.5 Å². The fourth-order valence-electron chi connectivity index (χ4n) is 3.23. The van der Waals surface area contributed by atoms with Gasteiger partial charge in [-0.3, -0.25) is 9.59 Å². The van der Waals surface area contributed by atoms with Crippen molar-refractivity contribution in [3.8, 4) is 11.5 Å². The molecule has 0 bridgehead atoms. The number of rotatable bonds is 7. The van der Waals surface area contributed by atoms with Gasteiger partial charge in [0.1, 0.15) is 10.8 Å². The van der Waals surface area contributed by atoms with Crippen molar-refractivity contribution in [1.29, 1.82) is 0 Å². The lowest BCUT2D eigenvalue weighted by molar-refractivity contribution is -0.118. The third-order valence-electron chi connectivity index (χ3n) is 4.95. The molecule has 0 radical (unpaired) electrons. The van der Waals surface area contributed by atoms with E-state index in [1.165, 1.54) is 43.7 Å². The van der Waals surface area contributed by atoms with Crippen LogP contribution in [0.1, 0.15) is 5.56 Å². The van der Waals surface area contributed by atoms with E-state index < -0.39 is 29.6 Å². The Morgan fingerprint density at radius 3 is 2.67 bits per heavy atom. The van der Waals surface area contributed by atoms with Gasteiger partial charge in [0.25, 0.3) is 11.5 Å². The molecule has 0 fully saturated rings. The molecule has 36 heavy (non-hydrogen) atoms. The van der Waals surface area contributed by atoms with Gasteiger partial charge >= 0.3 is 5.69 Å². The summed E-state index contributed by atoms with van der Waals surface area (Å²) in [4.78, 5) is 39.9. The van der Waals surface area contributed by atoms with Crippen LogP contribution in [0.25, 0.3) is 10.9 Å². The second-order valence-electron chi connectivity index (χ2n) is 7.31. The van der Waals surface area contributed by atoms with Crippen molar-refractivity contribution >= 4 is 56.2 Å². The Balaban J connectivity index is 1.58. The molecule has 0 aliphatic carbocycles. The molecule has 1 amide bonds. The van der Waals surface area contributed by atoms with Crippen molar-refractivity contribution in [3.63, 3.8) is 0 Å². The first kappa shape index (κ1) is 25.1. The van der Waals surface area contributed by atoms with Crippen LogP contribution in [-0.4, -0.2) is 35.5 Å². The second-order valence-corrected chi connectivity index (χ2v) is 8.48. The van der Waals surface area contributed by atoms with Crippen LogP contribution < -0.4 is 26.0 Å². The van der Waals surface area contributed by atoms with Gasteiger partial charge in [-0.05, 0) is 58.4 Å². The molecule has 1 heterocycles. The molecule has 1 aromatic heterocycles. The van der Waals surface area contributed by atoms with Crippen LogP contribution in [0.5, 0.6) is 11.5 Å². The van der Waals surface area contributed by atoms with Crippen molar-refractivity contribution in [2.75, 3.05) is 19.0 Å². The number of ether oxygens (including phenoxy) is 2. The smallest absolute Gasteiger partial charge is 0.349 e. The third kappa shape index (κ3) is 5.31. The van der Waals surface area contributed by atoms with Gasteiger partial charge in [-0.25, -0.2) is 9.18 Å². The van der Waals surface area contributed by atoms with Crippen LogP contribution in [0.3, 0.4) is 0 Å². The number of halogens is 3. The van der Waals surface area contributed by atoms with Gasteiger partial charge in [0, 0.05) is 15.7 Å². The molecule has 0 spiro atoms. The molecule has 0 atom stereocenters. The number of aromatic nitrogens is 2. The summed E-state index contributed by atoms with van der Waals surface area (Å²) in [6, 6.07) is 13.3. The highest BCUT2D eigenvalue weighted by Crippen LogP contribution is 2.42. The number of amides is 1. The highest BCUT2D eigenvalue weighted by atomic mass is 79.9. The number of hydrogen-bond acceptors (Lipinski definition) is 6. The summed E-state index contributed by atoms with van der Waals surface area (Å²) >= 11 is 9.79. The van der Waals surface area contributed by atoms with Gasteiger partial charge in [-0.2, -0.15) is 5.10 Å². The van der Waals surface area contributed by atoms with Gasteiger partial charge in [0.2, 0.25) is 0 Å². The van der Waals surface area contributed by atoms with Gasteiger partial charge in [-0.1, -0.05) is 23.7 Å². The van der Waals surface area contributed by atoms with E-state index in [9.17, 15) is 18.8 Å². The summed E-state index contributed by atoms with van der Waals surface area (Å²) in [5, 5.41) is 6.96. The number of methoxy groups -OCH3 is 1. The molecule has 4 rings (SSSR count). The van der Waals surface area contributed by atoms with Crippen LogP contribution in [0, 0.1) is 5.82 Å². The summed E-state index contributed by atoms with van der Waals surface area (Å²) in [5.41, 5.74) is -0.132. The van der Waals surface area contributed by atoms with Gasteiger partial charge in [-0.15, -0.1) is 4.68 Å². The minimum atomic E-state index is -0.712. The van der Waals surface area contributed by atoms with E-state index in [2.05, 4.69) is 31.3 Å². The highest BCUT2D eigenvalue weighted by Gasteiger charge is 2.18. The number of anilines is 1. The predicted molar refractivity (Wildman–Crippen MR) is 138 cm³/mol. The number of benzene rings is 3. The summed E-state index contributed by atoms with van der Waals surface area (Å²) in [6.07, 6.45) is 1.26. The molecular formula is C24H17BrClFN4O5. The van der Waals surface area contributed by atoms with E-state index in [1.807, 2.05) is 0 Å². The lowest BCUT2D eigenvalue weighted by Crippen LogP contribution is -2.32. The Hall–Kier alpha value is -3.96. The Bertz CT molecular complexity index is 1600. The Morgan fingerprint density at radius 2 is 1.94 bits per heavy atom. The Labute approximate surface area is 216 Å². The number of para-hydroxylation sites is 1. The van der Waals surface area contributed by atoms with E-state index in [-0.39, 0.29) is 16.5 Å². The molecule has 12 heteroatoms. The zero-order valence-electron chi connectivity index (χ0n) is 18.6. The minimum absolute atomic E-state index is 0.0742. The molecule has 2 N–H and O–H groups in total. The number of carbonyl (C=O) groups excluding carboxylic acids is 1. The van der Waals surface area contributed by atoms with Crippen molar-refractivity contribution in [1.82, 2.24) is 9.66 Å². The maximum Gasteiger partial charge on any atom is 0.349 e. The first-order valence-electron chi connectivity index (χ1n) is 10.3. The molecule has 9 nitrogen and oxygen atoms in total. The number of nitrogens with zero attached hydrogens (tertiary/aromatic N) is 2. The fraction of sp³-hybridized carbons (Fsp3) is 0.0833. The summed E-state index contributed by atoms with van der Waals surface area (Å²) < 4.78 is 25.0. The first-order chi connectivity index (χ1) is 17.3. The van der Waals surface area contributed by atoms with E-state index in [0.29, 0.717) is 31.3 Å². The molecule has 0 saturated heterocycles. The highest BCUT2D eigenvalue weighted by molar-refractivity contribution is 9.10. The fourth-order valence-corrected chi connectivity index (χ4v) is 3.88. The molecule has 3 aromatic carbocycles. The minimum Gasteiger partial charge on any atom is -0.493 e. The molecular weight excluding hydrogens is 559 g/mol. The van der Waals surface area contributed by atoms with Gasteiger partial charge < -0.3 is 19.8 Å². The monoisotopic (exact) mass is 574 g/mol. The van der Waals surface area contributed by atoms with Crippen molar-refractivity contribution < 1.29 is 18.7 Å². The lowest BCUT2D eigenvalue weighted by atomic mass is 10.2. The summed E-state index contributed by atoms with van der Waals surface area (Å²) in [6.45, 7) is -0.408. The SMILES string of the molecule is COc1cc(C=Nn2c(=O)[nH]c3ccccc3c2=O)c(Br)c(Cl)c1OCC(=O)Nc1ccc(F)cc1. The van der Waals surface area contributed by atoms with Crippen LogP contribution in [0.2, 0.25) is 5.02 Å². The van der Waals surface area contributed by atoms with E-state index in [1.54, 1.807) is 24.3 Å². The van der Waals surface area contributed by atoms with Crippen LogP contribution in [0.15, 0.2) is 73.8 Å². The first-order valence-corrected chi connectivity index (χ1v) is 11.5.